The van der Waals surface area contributed by atoms with Gasteiger partial charge in [-0.2, -0.15) is 0 Å². The molecule has 0 radical (unpaired) electrons. The first-order valence-corrected chi connectivity index (χ1v) is 6.15. The molecule has 88 valence electrons. The number of halogens is 2. The molecule has 1 aliphatic carbocycles. The molecule has 0 amide bonds. The molecular weight excluding hydrogens is 227 g/mol. The minimum absolute atomic E-state index is 0.301. The van der Waals surface area contributed by atoms with Gasteiger partial charge in [0.15, 0.2) is 0 Å². The number of hydrogen-bond acceptors (Lipinski definition) is 2. The summed E-state index contributed by atoms with van der Waals surface area (Å²) in [5.74, 6) is 1.55. The van der Waals surface area contributed by atoms with Gasteiger partial charge in [0.05, 0.1) is 12.1 Å². The van der Waals surface area contributed by atoms with Crippen molar-refractivity contribution in [3.8, 4) is 0 Å². The minimum Gasteiger partial charge on any atom is -0.359 e. The molecule has 1 fully saturated rings. The van der Waals surface area contributed by atoms with Crippen molar-refractivity contribution in [3.63, 3.8) is 0 Å². The van der Waals surface area contributed by atoms with E-state index in [1.807, 2.05) is 7.05 Å². The normalized spacial score (nSPS) is 15.9. The van der Waals surface area contributed by atoms with Crippen molar-refractivity contribution in [3.05, 3.63) is 23.6 Å². The predicted molar refractivity (Wildman–Crippen MR) is 64.4 cm³/mol. The summed E-state index contributed by atoms with van der Waals surface area (Å²) in [5.41, 5.74) is 0.767. The summed E-state index contributed by atoms with van der Waals surface area (Å²) in [6.07, 6.45) is 5.17. The van der Waals surface area contributed by atoms with Crippen LogP contribution in [-0.2, 0) is 5.88 Å². The Labute approximate surface area is 100 Å². The summed E-state index contributed by atoms with van der Waals surface area (Å²) < 4.78 is 13.0. The highest BCUT2D eigenvalue weighted by atomic mass is 35.5. The van der Waals surface area contributed by atoms with Crippen molar-refractivity contribution in [2.45, 2.75) is 25.1 Å². The van der Waals surface area contributed by atoms with Crippen LogP contribution in [0.15, 0.2) is 12.3 Å². The Bertz CT molecular complexity index is 366. The Morgan fingerprint density at radius 2 is 2.31 bits per heavy atom. The van der Waals surface area contributed by atoms with Crippen molar-refractivity contribution in [2.75, 3.05) is 18.5 Å². The highest BCUT2D eigenvalue weighted by Crippen LogP contribution is 2.29. The molecule has 0 unspecified atom stereocenters. The lowest BCUT2D eigenvalue weighted by Gasteiger charge is -2.31. The molecule has 1 heterocycles. The Kier molecular flexibility index (Phi) is 3.64. The first kappa shape index (κ1) is 11.6. The molecule has 1 saturated carbocycles. The van der Waals surface area contributed by atoms with E-state index in [4.69, 9.17) is 11.6 Å². The van der Waals surface area contributed by atoms with Crippen LogP contribution in [0.1, 0.15) is 24.8 Å². The summed E-state index contributed by atoms with van der Waals surface area (Å²) in [6, 6.07) is 1.46. The molecule has 2 rings (SSSR count). The SMILES string of the molecule is CN(CC1CCC1)c1ncc(F)cc1CCl. The summed E-state index contributed by atoms with van der Waals surface area (Å²) >= 11 is 5.80. The summed E-state index contributed by atoms with van der Waals surface area (Å²) in [6.45, 7) is 0.989. The smallest absolute Gasteiger partial charge is 0.141 e. The lowest BCUT2D eigenvalue weighted by molar-refractivity contribution is 0.321. The van der Waals surface area contributed by atoms with Gasteiger partial charge >= 0.3 is 0 Å². The summed E-state index contributed by atoms with van der Waals surface area (Å²) in [4.78, 5) is 6.21. The number of pyridine rings is 1. The van der Waals surface area contributed by atoms with Gasteiger partial charge in [0.2, 0.25) is 0 Å². The lowest BCUT2D eigenvalue weighted by Crippen LogP contribution is -2.30. The van der Waals surface area contributed by atoms with Crippen LogP contribution in [0.5, 0.6) is 0 Å². The molecule has 0 saturated heterocycles. The molecule has 2 nitrogen and oxygen atoms in total. The summed E-state index contributed by atoms with van der Waals surface area (Å²) in [7, 11) is 1.99. The number of nitrogens with zero attached hydrogens (tertiary/aromatic N) is 2. The van der Waals surface area contributed by atoms with E-state index in [-0.39, 0.29) is 5.82 Å². The zero-order chi connectivity index (χ0) is 11.5. The third-order valence-corrected chi connectivity index (χ3v) is 3.46. The Hall–Kier alpha value is -0.830. The molecular formula is C12H16ClFN2. The third kappa shape index (κ3) is 2.46. The van der Waals surface area contributed by atoms with Crippen LogP contribution in [0.4, 0.5) is 10.2 Å². The Morgan fingerprint density at radius 1 is 1.56 bits per heavy atom. The van der Waals surface area contributed by atoms with Gasteiger partial charge in [-0.25, -0.2) is 9.37 Å². The molecule has 1 aromatic heterocycles. The Balaban J connectivity index is 2.11. The average molecular weight is 243 g/mol. The van der Waals surface area contributed by atoms with Gasteiger partial charge in [0, 0.05) is 19.2 Å². The zero-order valence-corrected chi connectivity index (χ0v) is 10.2. The van der Waals surface area contributed by atoms with Crippen molar-refractivity contribution in [1.82, 2.24) is 4.98 Å². The molecule has 4 heteroatoms. The van der Waals surface area contributed by atoms with Gasteiger partial charge in [-0.1, -0.05) is 6.42 Å². The monoisotopic (exact) mass is 242 g/mol. The van der Waals surface area contributed by atoms with Crippen LogP contribution >= 0.6 is 11.6 Å². The average Bonchev–Trinajstić information content (AvgIpc) is 2.23. The van der Waals surface area contributed by atoms with Gasteiger partial charge in [0.25, 0.3) is 0 Å². The van der Waals surface area contributed by atoms with E-state index < -0.39 is 0 Å². The first-order chi connectivity index (χ1) is 7.70. The van der Waals surface area contributed by atoms with E-state index >= 15 is 0 Å². The van der Waals surface area contributed by atoms with Crippen molar-refractivity contribution in [2.24, 2.45) is 5.92 Å². The number of aromatic nitrogens is 1. The van der Waals surface area contributed by atoms with Crippen LogP contribution in [0, 0.1) is 11.7 Å². The Morgan fingerprint density at radius 3 is 2.88 bits per heavy atom. The van der Waals surface area contributed by atoms with Crippen molar-refractivity contribution >= 4 is 17.4 Å². The van der Waals surface area contributed by atoms with E-state index in [2.05, 4.69) is 9.88 Å². The highest BCUT2D eigenvalue weighted by Gasteiger charge is 2.20. The van der Waals surface area contributed by atoms with E-state index in [0.29, 0.717) is 5.88 Å². The van der Waals surface area contributed by atoms with Crippen molar-refractivity contribution < 1.29 is 4.39 Å². The fourth-order valence-corrected chi connectivity index (χ4v) is 2.26. The predicted octanol–water partition coefficient (Wildman–Crippen LogP) is 3.20. The fourth-order valence-electron chi connectivity index (χ4n) is 2.07. The van der Waals surface area contributed by atoms with Gasteiger partial charge < -0.3 is 4.90 Å². The third-order valence-electron chi connectivity index (χ3n) is 3.17. The maximum atomic E-state index is 13.0. The molecule has 0 aliphatic heterocycles. The number of alkyl halides is 1. The van der Waals surface area contributed by atoms with Crippen LogP contribution < -0.4 is 4.90 Å². The number of rotatable bonds is 4. The van der Waals surface area contributed by atoms with E-state index in [1.165, 1.54) is 31.5 Å². The van der Waals surface area contributed by atoms with Crippen LogP contribution in [0.3, 0.4) is 0 Å². The fraction of sp³-hybridized carbons (Fsp3) is 0.583. The van der Waals surface area contributed by atoms with Gasteiger partial charge in [-0.05, 0) is 24.8 Å². The zero-order valence-electron chi connectivity index (χ0n) is 9.42. The molecule has 1 aromatic rings. The standard InChI is InChI=1S/C12H16ClFN2/c1-16(8-9-3-2-4-9)12-10(6-13)5-11(14)7-15-12/h5,7,9H,2-4,6,8H2,1H3. The largest absolute Gasteiger partial charge is 0.359 e. The topological polar surface area (TPSA) is 16.1 Å². The van der Waals surface area contributed by atoms with Crippen LogP contribution in [0.25, 0.3) is 0 Å². The molecule has 0 N–H and O–H groups in total. The maximum Gasteiger partial charge on any atom is 0.141 e. The van der Waals surface area contributed by atoms with Gasteiger partial charge in [-0.3, -0.25) is 0 Å². The second-order valence-electron chi connectivity index (χ2n) is 4.45. The molecule has 1 aliphatic rings. The highest BCUT2D eigenvalue weighted by molar-refractivity contribution is 6.17. The number of hydrogen-bond donors (Lipinski definition) is 0. The van der Waals surface area contributed by atoms with Crippen LogP contribution in [-0.4, -0.2) is 18.6 Å². The van der Waals surface area contributed by atoms with E-state index in [9.17, 15) is 4.39 Å². The molecule has 16 heavy (non-hydrogen) atoms. The maximum absolute atomic E-state index is 13.0. The van der Waals surface area contributed by atoms with E-state index in [1.54, 1.807) is 0 Å². The molecule has 0 aromatic carbocycles. The van der Waals surface area contributed by atoms with Crippen LogP contribution in [0.2, 0.25) is 0 Å². The molecule has 0 atom stereocenters. The quantitative estimate of drug-likeness (QED) is 0.754. The van der Waals surface area contributed by atoms with Gasteiger partial charge in [0.1, 0.15) is 11.6 Å². The number of anilines is 1. The second kappa shape index (κ2) is 5.00. The second-order valence-corrected chi connectivity index (χ2v) is 4.71. The first-order valence-electron chi connectivity index (χ1n) is 5.62. The minimum atomic E-state index is -0.323. The van der Waals surface area contributed by atoms with Gasteiger partial charge in [-0.15, -0.1) is 11.6 Å². The van der Waals surface area contributed by atoms with Crippen molar-refractivity contribution in [1.29, 1.82) is 0 Å². The molecule has 0 bridgehead atoms. The molecule has 0 spiro atoms. The van der Waals surface area contributed by atoms with E-state index in [0.717, 1.165) is 23.8 Å². The summed E-state index contributed by atoms with van der Waals surface area (Å²) in [5, 5.41) is 0. The lowest BCUT2D eigenvalue weighted by atomic mass is 9.85.